The first-order chi connectivity index (χ1) is 11.5. The van der Waals surface area contributed by atoms with Crippen molar-refractivity contribution in [1.29, 1.82) is 0 Å². The molecule has 0 bridgehead atoms. The fourth-order valence-electron chi connectivity index (χ4n) is 2.51. The largest absolute Gasteiger partial charge is 0.492 e. The fraction of sp³-hybridized carbons (Fsp3) is 0.278. The molecule has 2 aromatic carbocycles. The maximum absolute atomic E-state index is 12.1. The molecule has 0 fully saturated rings. The zero-order valence-electron chi connectivity index (χ0n) is 13.3. The lowest BCUT2D eigenvalue weighted by Crippen LogP contribution is -2.16. The average molecular weight is 346 g/mol. The molecule has 0 saturated carbocycles. The maximum atomic E-state index is 12.1. The number of ether oxygens (including phenoxy) is 1. The molecule has 0 aliphatic carbocycles. The fourth-order valence-corrected chi connectivity index (χ4v) is 3.42. The molecule has 0 atom stereocenters. The first-order valence-electron chi connectivity index (χ1n) is 7.71. The first kappa shape index (κ1) is 16.7. The van der Waals surface area contributed by atoms with E-state index in [1.54, 1.807) is 24.3 Å². The summed E-state index contributed by atoms with van der Waals surface area (Å²) < 4.78 is 34.8. The predicted molar refractivity (Wildman–Crippen MR) is 88.9 cm³/mol. The van der Waals surface area contributed by atoms with Crippen molar-refractivity contribution >= 4 is 15.9 Å². The molecule has 0 saturated heterocycles. The number of fused-ring (bicyclic) bond motifs is 1. The third-order valence-electron chi connectivity index (χ3n) is 3.87. The molecule has 0 N–H and O–H groups in total. The summed E-state index contributed by atoms with van der Waals surface area (Å²) in [6.45, 7) is 2.31. The lowest BCUT2D eigenvalue weighted by molar-refractivity contribution is 0.0933. The van der Waals surface area contributed by atoms with Crippen LogP contribution in [0, 0.1) is 6.92 Å². The smallest absolute Gasteiger partial charge is 0.296 e. The van der Waals surface area contributed by atoms with Crippen molar-refractivity contribution in [3.05, 3.63) is 59.2 Å². The number of hydrogen-bond donors (Lipinski definition) is 0. The zero-order valence-corrected chi connectivity index (χ0v) is 14.1. The van der Waals surface area contributed by atoms with Gasteiger partial charge in [0.1, 0.15) is 5.75 Å². The van der Waals surface area contributed by atoms with Crippen molar-refractivity contribution < 1.29 is 22.1 Å². The first-order valence-corrected chi connectivity index (χ1v) is 9.11. The molecule has 2 aromatic rings. The summed E-state index contributed by atoms with van der Waals surface area (Å²) in [4.78, 5) is 12.0. The van der Waals surface area contributed by atoms with Gasteiger partial charge >= 0.3 is 0 Å². The lowest BCUT2D eigenvalue weighted by atomic mass is 10.0. The van der Waals surface area contributed by atoms with Crippen LogP contribution in [0.1, 0.15) is 27.9 Å². The Bertz CT molecular complexity index is 853. The molecule has 5 nitrogen and oxygen atoms in total. The summed E-state index contributed by atoms with van der Waals surface area (Å²) in [7, 11) is -3.77. The Morgan fingerprint density at radius 1 is 1.12 bits per heavy atom. The number of carbonyl (C=O) groups excluding carboxylic acids is 1. The molecule has 0 amide bonds. The maximum Gasteiger partial charge on any atom is 0.296 e. The SMILES string of the molecule is Cc1ccc(S(=O)(=O)OCCc2ccc3c(c2)C(=O)CCO3)cc1. The number of benzene rings is 2. The van der Waals surface area contributed by atoms with Crippen LogP contribution in [0.15, 0.2) is 47.4 Å². The van der Waals surface area contributed by atoms with Gasteiger partial charge < -0.3 is 4.74 Å². The van der Waals surface area contributed by atoms with Crippen LogP contribution >= 0.6 is 0 Å². The van der Waals surface area contributed by atoms with Gasteiger partial charge in [0.25, 0.3) is 10.1 Å². The van der Waals surface area contributed by atoms with Crippen molar-refractivity contribution in [3.63, 3.8) is 0 Å². The van der Waals surface area contributed by atoms with E-state index in [1.165, 1.54) is 12.1 Å². The number of aryl methyl sites for hydroxylation is 1. The van der Waals surface area contributed by atoms with Gasteiger partial charge in [-0.1, -0.05) is 23.8 Å². The van der Waals surface area contributed by atoms with Gasteiger partial charge in [0.2, 0.25) is 0 Å². The molecule has 1 heterocycles. The Morgan fingerprint density at radius 3 is 2.62 bits per heavy atom. The second-order valence-electron chi connectivity index (χ2n) is 5.69. The van der Waals surface area contributed by atoms with E-state index in [0.717, 1.165) is 11.1 Å². The molecule has 0 aromatic heterocycles. The summed E-state index contributed by atoms with van der Waals surface area (Å²) in [6, 6.07) is 11.8. The van der Waals surface area contributed by atoms with E-state index in [1.807, 2.05) is 13.0 Å². The van der Waals surface area contributed by atoms with E-state index < -0.39 is 10.1 Å². The van der Waals surface area contributed by atoms with Crippen LogP contribution in [0.5, 0.6) is 5.75 Å². The molecule has 126 valence electrons. The molecule has 0 spiro atoms. The lowest BCUT2D eigenvalue weighted by Gasteiger charge is -2.16. The Balaban J connectivity index is 1.65. The van der Waals surface area contributed by atoms with Gasteiger partial charge in [-0.25, -0.2) is 0 Å². The van der Waals surface area contributed by atoms with E-state index >= 15 is 0 Å². The molecule has 0 radical (unpaired) electrons. The van der Waals surface area contributed by atoms with Crippen LogP contribution in [0.2, 0.25) is 0 Å². The minimum atomic E-state index is -3.77. The van der Waals surface area contributed by atoms with E-state index in [-0.39, 0.29) is 17.3 Å². The minimum absolute atomic E-state index is 0.0179. The topological polar surface area (TPSA) is 69.7 Å². The van der Waals surface area contributed by atoms with Crippen LogP contribution in [-0.4, -0.2) is 27.4 Å². The van der Waals surface area contributed by atoms with Crippen molar-refractivity contribution in [3.8, 4) is 5.75 Å². The Morgan fingerprint density at radius 2 is 1.88 bits per heavy atom. The van der Waals surface area contributed by atoms with Crippen LogP contribution in [-0.2, 0) is 20.7 Å². The number of ketones is 1. The molecular weight excluding hydrogens is 328 g/mol. The Hall–Kier alpha value is -2.18. The third kappa shape index (κ3) is 3.66. The molecule has 0 unspecified atom stereocenters. The highest BCUT2D eigenvalue weighted by molar-refractivity contribution is 7.86. The van der Waals surface area contributed by atoms with Gasteiger partial charge in [-0.15, -0.1) is 0 Å². The molecular formula is C18H18O5S. The number of Topliss-reactive ketones (excluding diaryl/α,β-unsaturated/α-hetero) is 1. The standard InChI is InChI=1S/C18H18O5S/c1-13-2-5-15(6-3-13)24(20,21)23-11-8-14-4-7-18-16(12-14)17(19)9-10-22-18/h2-7,12H,8-11H2,1H3. The Labute approximate surface area is 141 Å². The second kappa shape index (κ2) is 6.75. The summed E-state index contributed by atoms with van der Waals surface area (Å²) in [5, 5.41) is 0. The van der Waals surface area contributed by atoms with Gasteiger partial charge in [-0.2, -0.15) is 8.42 Å². The molecule has 3 rings (SSSR count). The molecule has 24 heavy (non-hydrogen) atoms. The molecule has 6 heteroatoms. The van der Waals surface area contributed by atoms with Gasteiger partial charge in [-0.3, -0.25) is 8.98 Å². The van der Waals surface area contributed by atoms with Crippen molar-refractivity contribution in [2.75, 3.05) is 13.2 Å². The van der Waals surface area contributed by atoms with Gasteiger partial charge in [0.15, 0.2) is 5.78 Å². The number of hydrogen-bond acceptors (Lipinski definition) is 5. The highest BCUT2D eigenvalue weighted by atomic mass is 32.2. The quantitative estimate of drug-likeness (QED) is 0.779. The van der Waals surface area contributed by atoms with Gasteiger partial charge in [-0.05, 0) is 43.2 Å². The summed E-state index contributed by atoms with van der Waals surface area (Å²) in [5.74, 6) is 0.634. The summed E-state index contributed by atoms with van der Waals surface area (Å²) in [6.07, 6.45) is 0.764. The van der Waals surface area contributed by atoms with Crippen molar-refractivity contribution in [2.24, 2.45) is 0 Å². The zero-order chi connectivity index (χ0) is 17.2. The van der Waals surface area contributed by atoms with Gasteiger partial charge in [0, 0.05) is 6.42 Å². The van der Waals surface area contributed by atoms with Gasteiger partial charge in [0.05, 0.1) is 23.7 Å². The summed E-state index contributed by atoms with van der Waals surface area (Å²) in [5.41, 5.74) is 2.38. The van der Waals surface area contributed by atoms with Crippen LogP contribution in [0.4, 0.5) is 0 Å². The van der Waals surface area contributed by atoms with Crippen LogP contribution in [0.3, 0.4) is 0 Å². The van der Waals surface area contributed by atoms with E-state index in [9.17, 15) is 13.2 Å². The number of rotatable bonds is 5. The van der Waals surface area contributed by atoms with Crippen molar-refractivity contribution in [1.82, 2.24) is 0 Å². The van der Waals surface area contributed by atoms with E-state index in [2.05, 4.69) is 0 Å². The average Bonchev–Trinajstić information content (AvgIpc) is 2.56. The van der Waals surface area contributed by atoms with Crippen molar-refractivity contribution in [2.45, 2.75) is 24.7 Å². The van der Waals surface area contributed by atoms with Crippen LogP contribution < -0.4 is 4.74 Å². The minimum Gasteiger partial charge on any atom is -0.492 e. The van der Waals surface area contributed by atoms with Crippen LogP contribution in [0.25, 0.3) is 0 Å². The number of carbonyl (C=O) groups is 1. The normalized spacial score (nSPS) is 14.1. The Kier molecular flexibility index (Phi) is 4.69. The molecule has 1 aliphatic heterocycles. The predicted octanol–water partition coefficient (Wildman–Crippen LogP) is 2.91. The highest BCUT2D eigenvalue weighted by Crippen LogP contribution is 2.26. The monoisotopic (exact) mass is 346 g/mol. The second-order valence-corrected chi connectivity index (χ2v) is 7.31. The third-order valence-corrected chi connectivity index (χ3v) is 5.20. The molecule has 1 aliphatic rings. The van der Waals surface area contributed by atoms with E-state index in [0.29, 0.717) is 30.8 Å². The van der Waals surface area contributed by atoms with E-state index in [4.69, 9.17) is 8.92 Å². The highest BCUT2D eigenvalue weighted by Gasteiger charge is 2.19. The summed E-state index contributed by atoms with van der Waals surface area (Å²) >= 11 is 0.